The minimum absolute atomic E-state index is 0.766. The van der Waals surface area contributed by atoms with Crippen molar-refractivity contribution in [3.63, 3.8) is 0 Å². The maximum absolute atomic E-state index is 4.68. The van der Waals surface area contributed by atoms with Crippen molar-refractivity contribution in [2.24, 2.45) is 7.05 Å². The molecule has 20 heavy (non-hydrogen) atoms. The molecular weight excluding hydrogens is 250 g/mol. The van der Waals surface area contributed by atoms with Gasteiger partial charge in [0.1, 0.15) is 0 Å². The lowest BCUT2D eigenvalue weighted by molar-refractivity contribution is 0.631. The van der Waals surface area contributed by atoms with Crippen LogP contribution in [0.4, 0.5) is 0 Å². The van der Waals surface area contributed by atoms with Crippen molar-refractivity contribution < 1.29 is 0 Å². The third-order valence-corrected chi connectivity index (χ3v) is 3.41. The van der Waals surface area contributed by atoms with Gasteiger partial charge in [0, 0.05) is 43.8 Å². The lowest BCUT2D eigenvalue weighted by Gasteiger charge is -2.00. The first-order valence-electron chi connectivity index (χ1n) is 6.90. The minimum Gasteiger partial charge on any atom is -0.307 e. The average molecular weight is 269 g/mol. The zero-order chi connectivity index (χ0) is 13.9. The number of para-hydroxylation sites is 1. The number of benzene rings is 1. The minimum atomic E-state index is 0.766. The van der Waals surface area contributed by atoms with E-state index in [4.69, 9.17) is 0 Å². The second-order valence-corrected chi connectivity index (χ2v) is 4.91. The highest BCUT2D eigenvalue weighted by Crippen LogP contribution is 2.18. The fraction of sp³-hybridized carbons (Fsp3) is 0.333. The highest BCUT2D eigenvalue weighted by atomic mass is 15.3. The molecule has 0 saturated carbocycles. The van der Waals surface area contributed by atoms with Gasteiger partial charge in [-0.05, 0) is 13.0 Å². The summed E-state index contributed by atoms with van der Waals surface area (Å²) in [6.45, 7) is 4.58. The van der Waals surface area contributed by atoms with E-state index in [0.29, 0.717) is 0 Å². The number of fused-ring (bicyclic) bond motifs is 1. The lowest BCUT2D eigenvalue weighted by atomic mass is 10.2. The number of aromatic nitrogens is 4. The molecule has 0 spiro atoms. The summed E-state index contributed by atoms with van der Waals surface area (Å²) >= 11 is 0. The Kier molecular flexibility index (Phi) is 3.52. The topological polar surface area (TPSA) is 47.7 Å². The van der Waals surface area contributed by atoms with E-state index in [9.17, 15) is 0 Å². The van der Waals surface area contributed by atoms with Crippen molar-refractivity contribution in [2.75, 3.05) is 0 Å². The highest BCUT2D eigenvalue weighted by molar-refractivity contribution is 5.81. The van der Waals surface area contributed by atoms with Crippen LogP contribution < -0.4 is 5.32 Å². The van der Waals surface area contributed by atoms with Gasteiger partial charge in [-0.15, -0.1) is 0 Å². The van der Waals surface area contributed by atoms with E-state index >= 15 is 0 Å². The molecule has 5 heteroatoms. The summed E-state index contributed by atoms with van der Waals surface area (Å²) in [4.78, 5) is 0. The van der Waals surface area contributed by atoms with Crippen LogP contribution in [0.15, 0.2) is 36.7 Å². The second-order valence-electron chi connectivity index (χ2n) is 4.91. The van der Waals surface area contributed by atoms with Crippen molar-refractivity contribution in [1.82, 2.24) is 24.9 Å². The van der Waals surface area contributed by atoms with E-state index in [-0.39, 0.29) is 0 Å². The van der Waals surface area contributed by atoms with Gasteiger partial charge >= 0.3 is 0 Å². The number of rotatable bonds is 5. The first-order valence-corrected chi connectivity index (χ1v) is 6.90. The Morgan fingerprint density at radius 2 is 2.05 bits per heavy atom. The Bertz CT molecular complexity index is 710. The van der Waals surface area contributed by atoms with Crippen LogP contribution in [-0.2, 0) is 26.7 Å². The van der Waals surface area contributed by atoms with Gasteiger partial charge in [-0.2, -0.15) is 10.2 Å². The van der Waals surface area contributed by atoms with Crippen LogP contribution in [0.3, 0.4) is 0 Å². The molecule has 0 unspecified atom stereocenters. The van der Waals surface area contributed by atoms with E-state index in [1.54, 1.807) is 0 Å². The van der Waals surface area contributed by atoms with E-state index in [0.717, 1.165) is 25.3 Å². The first kappa shape index (κ1) is 12.9. The maximum atomic E-state index is 4.68. The normalized spacial score (nSPS) is 11.3. The predicted molar refractivity (Wildman–Crippen MR) is 79.2 cm³/mol. The van der Waals surface area contributed by atoms with Crippen molar-refractivity contribution in [2.45, 2.75) is 26.6 Å². The van der Waals surface area contributed by atoms with Crippen LogP contribution in [0, 0.1) is 0 Å². The van der Waals surface area contributed by atoms with Crippen LogP contribution in [0.25, 0.3) is 10.9 Å². The molecule has 3 aromatic rings. The Morgan fingerprint density at radius 3 is 2.80 bits per heavy atom. The number of nitrogens with one attached hydrogen (secondary N) is 1. The molecule has 1 aromatic carbocycles. The van der Waals surface area contributed by atoms with Gasteiger partial charge in [-0.1, -0.05) is 18.2 Å². The fourth-order valence-corrected chi connectivity index (χ4v) is 2.46. The summed E-state index contributed by atoms with van der Waals surface area (Å²) in [5.41, 5.74) is 3.49. The molecule has 104 valence electrons. The van der Waals surface area contributed by atoms with Gasteiger partial charge in [0.15, 0.2) is 0 Å². The van der Waals surface area contributed by atoms with Gasteiger partial charge in [0.25, 0.3) is 0 Å². The molecule has 2 heterocycles. The molecule has 0 saturated heterocycles. The molecule has 0 bridgehead atoms. The molecule has 3 rings (SSSR count). The molecule has 0 aliphatic rings. The average Bonchev–Trinajstić information content (AvgIpc) is 3.03. The lowest BCUT2D eigenvalue weighted by Crippen LogP contribution is -2.13. The van der Waals surface area contributed by atoms with Crippen molar-refractivity contribution in [3.8, 4) is 0 Å². The molecule has 0 aliphatic carbocycles. The molecule has 2 aromatic heterocycles. The maximum Gasteiger partial charge on any atom is 0.0841 e. The molecular formula is C15H19N5. The van der Waals surface area contributed by atoms with E-state index in [1.807, 2.05) is 24.1 Å². The van der Waals surface area contributed by atoms with Crippen molar-refractivity contribution >= 4 is 10.9 Å². The zero-order valence-corrected chi connectivity index (χ0v) is 11.9. The molecule has 0 fully saturated rings. The molecule has 5 nitrogen and oxygen atoms in total. The Balaban J connectivity index is 1.74. The van der Waals surface area contributed by atoms with Crippen LogP contribution in [0.2, 0.25) is 0 Å². The van der Waals surface area contributed by atoms with E-state index < -0.39 is 0 Å². The summed E-state index contributed by atoms with van der Waals surface area (Å²) < 4.78 is 3.87. The Hall–Kier alpha value is -2.14. The SMILES string of the molecule is CCn1nc(CNCc2cnn(C)c2)c2ccccc21. The van der Waals surface area contributed by atoms with Gasteiger partial charge in [-0.3, -0.25) is 9.36 Å². The third-order valence-electron chi connectivity index (χ3n) is 3.41. The number of aryl methyl sites for hydroxylation is 2. The first-order chi connectivity index (χ1) is 9.78. The van der Waals surface area contributed by atoms with Gasteiger partial charge < -0.3 is 5.32 Å². The molecule has 0 radical (unpaired) electrons. The van der Waals surface area contributed by atoms with E-state index in [2.05, 4.69) is 51.4 Å². The Labute approximate surface area is 118 Å². The predicted octanol–water partition coefficient (Wildman–Crippen LogP) is 2.08. The number of hydrogen-bond donors (Lipinski definition) is 1. The van der Waals surface area contributed by atoms with Gasteiger partial charge in [0.05, 0.1) is 17.4 Å². The van der Waals surface area contributed by atoms with Crippen LogP contribution >= 0.6 is 0 Å². The monoisotopic (exact) mass is 269 g/mol. The fourth-order valence-electron chi connectivity index (χ4n) is 2.46. The van der Waals surface area contributed by atoms with Crippen molar-refractivity contribution in [3.05, 3.63) is 47.9 Å². The quantitative estimate of drug-likeness (QED) is 0.771. The molecule has 0 aliphatic heterocycles. The number of hydrogen-bond acceptors (Lipinski definition) is 3. The summed E-state index contributed by atoms with van der Waals surface area (Å²) in [5, 5.41) is 13.5. The summed E-state index contributed by atoms with van der Waals surface area (Å²) in [6.07, 6.45) is 3.91. The third kappa shape index (κ3) is 2.44. The summed E-state index contributed by atoms with van der Waals surface area (Å²) in [5.74, 6) is 0. The smallest absolute Gasteiger partial charge is 0.0841 e. The number of nitrogens with zero attached hydrogens (tertiary/aromatic N) is 4. The van der Waals surface area contributed by atoms with Gasteiger partial charge in [0.2, 0.25) is 0 Å². The summed E-state index contributed by atoms with van der Waals surface area (Å²) in [6, 6.07) is 8.38. The summed E-state index contributed by atoms with van der Waals surface area (Å²) in [7, 11) is 1.93. The zero-order valence-electron chi connectivity index (χ0n) is 11.9. The Morgan fingerprint density at radius 1 is 1.20 bits per heavy atom. The largest absolute Gasteiger partial charge is 0.307 e. The van der Waals surface area contributed by atoms with E-state index in [1.165, 1.54) is 16.5 Å². The molecule has 0 atom stereocenters. The molecule has 0 amide bonds. The second kappa shape index (κ2) is 5.46. The van der Waals surface area contributed by atoms with Crippen LogP contribution in [0.5, 0.6) is 0 Å². The standard InChI is InChI=1S/C15H19N5/c1-3-20-15-7-5-4-6-13(15)14(18-20)10-16-8-12-9-17-19(2)11-12/h4-7,9,11,16H,3,8,10H2,1-2H3. The molecule has 1 N–H and O–H groups in total. The van der Waals surface area contributed by atoms with Crippen molar-refractivity contribution in [1.29, 1.82) is 0 Å². The van der Waals surface area contributed by atoms with Crippen LogP contribution in [0.1, 0.15) is 18.2 Å². The van der Waals surface area contributed by atoms with Gasteiger partial charge in [-0.25, -0.2) is 0 Å². The highest BCUT2D eigenvalue weighted by Gasteiger charge is 2.08. The van der Waals surface area contributed by atoms with Crippen LogP contribution in [-0.4, -0.2) is 19.6 Å².